The fourth-order valence-corrected chi connectivity index (χ4v) is 4.27. The number of benzene rings is 1. The minimum atomic E-state index is -0.624. The highest BCUT2D eigenvalue weighted by Gasteiger charge is 2.24. The van der Waals surface area contributed by atoms with Crippen molar-refractivity contribution in [2.45, 2.75) is 18.9 Å². The van der Waals surface area contributed by atoms with E-state index in [1.54, 1.807) is 0 Å². The molecule has 3 N–H and O–H groups in total. The fraction of sp³-hybridized carbons (Fsp3) is 0.333. The van der Waals surface area contributed by atoms with E-state index in [4.69, 9.17) is 10.5 Å². The molecule has 3 nitrogen and oxygen atoms in total. The second kappa shape index (κ2) is 7.74. The molecule has 0 amide bonds. The molecule has 0 spiro atoms. The number of thiophene rings is 1. The zero-order valence-corrected chi connectivity index (χ0v) is 15.5. The Morgan fingerprint density at radius 1 is 1.29 bits per heavy atom. The van der Waals surface area contributed by atoms with E-state index in [1.165, 1.54) is 11.3 Å². The van der Waals surface area contributed by atoms with Crippen LogP contribution in [0.3, 0.4) is 0 Å². The van der Waals surface area contributed by atoms with Crippen molar-refractivity contribution in [3.63, 3.8) is 0 Å². The van der Waals surface area contributed by atoms with Crippen LogP contribution >= 0.6 is 43.2 Å². The van der Waals surface area contributed by atoms with Gasteiger partial charge in [-0.3, -0.25) is 0 Å². The van der Waals surface area contributed by atoms with Gasteiger partial charge in [0.25, 0.3) is 0 Å². The maximum Gasteiger partial charge on any atom is 0.119 e. The second-order valence-electron chi connectivity index (χ2n) is 4.56. The number of rotatable bonds is 6. The molecule has 0 aliphatic rings. The molecule has 1 heterocycles. The average Bonchev–Trinajstić information content (AvgIpc) is 2.81. The largest absolute Gasteiger partial charge is 0.494 e. The SMILES string of the molecule is CCOc1ccc(C(CN)C(O)c2cc(Br)c(Br)s2)cc1. The van der Waals surface area contributed by atoms with Crippen molar-refractivity contribution < 1.29 is 9.84 Å². The van der Waals surface area contributed by atoms with Gasteiger partial charge in [-0.15, -0.1) is 11.3 Å². The lowest BCUT2D eigenvalue weighted by molar-refractivity contribution is 0.151. The first-order valence-corrected chi connectivity index (χ1v) is 9.02. The second-order valence-corrected chi connectivity index (χ2v) is 7.82. The lowest BCUT2D eigenvalue weighted by Gasteiger charge is -2.21. The molecule has 0 saturated heterocycles. The predicted octanol–water partition coefficient (Wildman–Crippen LogP) is 4.45. The normalized spacial score (nSPS) is 14.0. The van der Waals surface area contributed by atoms with Gasteiger partial charge in [0, 0.05) is 21.8 Å². The van der Waals surface area contributed by atoms with Crippen molar-refractivity contribution in [3.8, 4) is 5.75 Å². The van der Waals surface area contributed by atoms with Crippen LogP contribution in [0, 0.1) is 0 Å². The molecule has 0 aliphatic heterocycles. The van der Waals surface area contributed by atoms with Crippen molar-refractivity contribution in [1.29, 1.82) is 0 Å². The number of hydrogen-bond donors (Lipinski definition) is 2. The first-order valence-electron chi connectivity index (χ1n) is 6.62. The van der Waals surface area contributed by atoms with Gasteiger partial charge in [-0.25, -0.2) is 0 Å². The molecule has 6 heteroatoms. The van der Waals surface area contributed by atoms with Crippen molar-refractivity contribution in [2.24, 2.45) is 5.73 Å². The Hall–Kier alpha value is -0.400. The van der Waals surface area contributed by atoms with Crippen LogP contribution in [0.1, 0.15) is 29.4 Å². The van der Waals surface area contributed by atoms with E-state index in [1.807, 2.05) is 37.3 Å². The van der Waals surface area contributed by atoms with Crippen LogP contribution in [0.25, 0.3) is 0 Å². The molecule has 0 fully saturated rings. The third-order valence-corrected chi connectivity index (χ3v) is 6.54. The summed E-state index contributed by atoms with van der Waals surface area (Å²) in [5, 5.41) is 10.6. The highest BCUT2D eigenvalue weighted by atomic mass is 79.9. The molecule has 2 unspecified atom stereocenters. The van der Waals surface area contributed by atoms with E-state index in [9.17, 15) is 5.11 Å². The number of aliphatic hydroxyl groups excluding tert-OH is 1. The Balaban J connectivity index is 2.21. The van der Waals surface area contributed by atoms with Gasteiger partial charge >= 0.3 is 0 Å². The van der Waals surface area contributed by atoms with Gasteiger partial charge in [-0.1, -0.05) is 12.1 Å². The van der Waals surface area contributed by atoms with Gasteiger partial charge in [0.2, 0.25) is 0 Å². The molecule has 0 radical (unpaired) electrons. The minimum absolute atomic E-state index is 0.141. The van der Waals surface area contributed by atoms with Crippen LogP contribution < -0.4 is 10.5 Å². The summed E-state index contributed by atoms with van der Waals surface area (Å²) in [7, 11) is 0. The first-order chi connectivity index (χ1) is 10.1. The summed E-state index contributed by atoms with van der Waals surface area (Å²) in [4.78, 5) is 0.887. The summed E-state index contributed by atoms with van der Waals surface area (Å²) >= 11 is 8.41. The third kappa shape index (κ3) is 4.07. The quantitative estimate of drug-likeness (QED) is 0.706. The van der Waals surface area contributed by atoms with Crippen LogP contribution in [0.2, 0.25) is 0 Å². The van der Waals surface area contributed by atoms with Crippen LogP contribution in [-0.4, -0.2) is 18.3 Å². The Bertz CT molecular complexity index is 566. The van der Waals surface area contributed by atoms with E-state index in [0.29, 0.717) is 13.2 Å². The van der Waals surface area contributed by atoms with Gasteiger partial charge in [0.05, 0.1) is 16.5 Å². The lowest BCUT2D eigenvalue weighted by atomic mass is 9.92. The van der Waals surface area contributed by atoms with Gasteiger partial charge in [-0.2, -0.15) is 0 Å². The summed E-state index contributed by atoms with van der Waals surface area (Å²) < 4.78 is 7.35. The van der Waals surface area contributed by atoms with Gasteiger partial charge < -0.3 is 15.6 Å². The van der Waals surface area contributed by atoms with Crippen LogP contribution in [0.15, 0.2) is 38.6 Å². The zero-order valence-electron chi connectivity index (χ0n) is 11.6. The van der Waals surface area contributed by atoms with E-state index < -0.39 is 6.10 Å². The summed E-state index contributed by atoms with van der Waals surface area (Å²) in [6.45, 7) is 2.97. The molecule has 1 aromatic carbocycles. The topological polar surface area (TPSA) is 55.5 Å². The van der Waals surface area contributed by atoms with E-state index in [0.717, 1.165) is 24.4 Å². The monoisotopic (exact) mass is 433 g/mol. The standard InChI is InChI=1S/C15H17Br2NO2S/c1-2-20-10-5-3-9(4-6-10)11(8-18)14(19)13-7-12(16)15(17)21-13/h3-7,11,14,19H,2,8,18H2,1H3. The Labute approximate surface area is 145 Å². The highest BCUT2D eigenvalue weighted by molar-refractivity contribution is 9.13. The molecular formula is C15H17Br2NO2S. The van der Waals surface area contributed by atoms with Gasteiger partial charge in [-0.05, 0) is 62.5 Å². The number of aliphatic hydroxyl groups is 1. The average molecular weight is 435 g/mol. The third-order valence-electron chi connectivity index (χ3n) is 3.21. The number of hydrogen-bond acceptors (Lipinski definition) is 4. The number of nitrogens with two attached hydrogens (primary N) is 1. The molecule has 2 atom stereocenters. The van der Waals surface area contributed by atoms with Crippen molar-refractivity contribution in [1.82, 2.24) is 0 Å². The summed E-state index contributed by atoms with van der Waals surface area (Å²) in [6.07, 6.45) is -0.624. The molecule has 0 bridgehead atoms. The van der Waals surface area contributed by atoms with Crippen molar-refractivity contribution in [3.05, 3.63) is 49.0 Å². The molecular weight excluding hydrogens is 418 g/mol. The first kappa shape index (κ1) is 17.0. The van der Waals surface area contributed by atoms with Crippen molar-refractivity contribution in [2.75, 3.05) is 13.2 Å². The maximum absolute atomic E-state index is 10.6. The minimum Gasteiger partial charge on any atom is -0.494 e. The zero-order chi connectivity index (χ0) is 15.4. The molecule has 2 aromatic rings. The summed E-state index contributed by atoms with van der Waals surface area (Å²) in [5.41, 5.74) is 6.88. The van der Waals surface area contributed by atoms with Crippen LogP contribution in [0.4, 0.5) is 0 Å². The van der Waals surface area contributed by atoms with E-state index >= 15 is 0 Å². The fourth-order valence-electron chi connectivity index (χ4n) is 2.13. The lowest BCUT2D eigenvalue weighted by Crippen LogP contribution is -2.19. The van der Waals surface area contributed by atoms with Gasteiger partial charge in [0.15, 0.2) is 0 Å². The number of ether oxygens (including phenoxy) is 1. The Kier molecular flexibility index (Phi) is 6.25. The Morgan fingerprint density at radius 3 is 2.43 bits per heavy atom. The van der Waals surface area contributed by atoms with E-state index in [-0.39, 0.29) is 5.92 Å². The predicted molar refractivity (Wildman–Crippen MR) is 94.1 cm³/mol. The van der Waals surface area contributed by atoms with Gasteiger partial charge in [0.1, 0.15) is 5.75 Å². The van der Waals surface area contributed by atoms with Crippen molar-refractivity contribution >= 4 is 43.2 Å². The summed E-state index contributed by atoms with van der Waals surface area (Å²) in [6, 6.07) is 9.67. The number of halogens is 2. The highest BCUT2D eigenvalue weighted by Crippen LogP contribution is 2.40. The maximum atomic E-state index is 10.6. The molecule has 114 valence electrons. The molecule has 0 aliphatic carbocycles. The Morgan fingerprint density at radius 2 is 1.95 bits per heavy atom. The van der Waals surface area contributed by atoms with Crippen LogP contribution in [0.5, 0.6) is 5.75 Å². The van der Waals surface area contributed by atoms with E-state index in [2.05, 4.69) is 31.9 Å². The molecule has 1 aromatic heterocycles. The molecule has 21 heavy (non-hydrogen) atoms. The molecule has 0 saturated carbocycles. The molecule has 2 rings (SSSR count). The van der Waals surface area contributed by atoms with Crippen LogP contribution in [-0.2, 0) is 0 Å². The summed E-state index contributed by atoms with van der Waals surface area (Å²) in [5.74, 6) is 0.686. The smallest absolute Gasteiger partial charge is 0.119 e.